The first-order valence-corrected chi connectivity index (χ1v) is 6.15. The Morgan fingerprint density at radius 1 is 1.38 bits per heavy atom. The fourth-order valence-electron chi connectivity index (χ4n) is 1.67. The molecule has 0 unspecified atom stereocenters. The zero-order valence-corrected chi connectivity index (χ0v) is 11.0. The average molecular weight is 280 g/mol. The van der Waals surface area contributed by atoms with Crippen molar-refractivity contribution in [3.8, 4) is 0 Å². The van der Waals surface area contributed by atoms with Crippen LogP contribution in [0.2, 0.25) is 0 Å². The van der Waals surface area contributed by atoms with E-state index in [9.17, 15) is 4.79 Å². The van der Waals surface area contributed by atoms with Crippen molar-refractivity contribution in [2.24, 2.45) is 5.92 Å². The molecule has 0 amide bonds. The third-order valence-electron chi connectivity index (χ3n) is 2.73. The second kappa shape index (κ2) is 4.42. The summed E-state index contributed by atoms with van der Waals surface area (Å²) in [4.78, 5) is 11.7. The fourth-order valence-corrected chi connectivity index (χ4v) is 2.16. The number of halogens is 1. The minimum Gasteiger partial charge on any atom is -0.340 e. The van der Waals surface area contributed by atoms with Crippen molar-refractivity contribution in [1.29, 1.82) is 0 Å². The highest BCUT2D eigenvalue weighted by Gasteiger charge is 2.10. The Kier molecular flexibility index (Phi) is 3.15. The number of carbonyl (C=O) groups excluding carboxylic acids is 1. The molecule has 0 radical (unpaired) electrons. The van der Waals surface area contributed by atoms with Crippen LogP contribution in [0.5, 0.6) is 0 Å². The average Bonchev–Trinajstić information content (AvgIpc) is 2.63. The number of benzene rings is 1. The predicted octanol–water partition coefficient (Wildman–Crippen LogP) is 3.63. The van der Waals surface area contributed by atoms with E-state index in [0.717, 1.165) is 15.4 Å². The van der Waals surface area contributed by atoms with Crippen LogP contribution in [0.25, 0.3) is 10.9 Å². The molecule has 84 valence electrons. The highest BCUT2D eigenvalue weighted by atomic mass is 79.9. The van der Waals surface area contributed by atoms with Gasteiger partial charge in [0.15, 0.2) is 5.78 Å². The van der Waals surface area contributed by atoms with Gasteiger partial charge in [-0.05, 0) is 18.2 Å². The minimum atomic E-state index is 0.0876. The van der Waals surface area contributed by atoms with Crippen molar-refractivity contribution < 1.29 is 4.79 Å². The standard InChI is InChI=1S/C13H14BrNO/c1-9(2)13(16)8-15-7-6-10-11(14)4-3-5-12(10)15/h3-7,9H,8H2,1-2H3. The lowest BCUT2D eigenvalue weighted by Gasteiger charge is -2.07. The molecule has 0 fully saturated rings. The van der Waals surface area contributed by atoms with E-state index in [-0.39, 0.29) is 11.7 Å². The molecule has 0 bridgehead atoms. The van der Waals surface area contributed by atoms with Crippen LogP contribution in [0.4, 0.5) is 0 Å². The van der Waals surface area contributed by atoms with Crippen LogP contribution in [0.1, 0.15) is 13.8 Å². The molecule has 2 nitrogen and oxygen atoms in total. The second-order valence-corrected chi connectivity index (χ2v) is 5.09. The summed E-state index contributed by atoms with van der Waals surface area (Å²) in [5.74, 6) is 0.349. The summed E-state index contributed by atoms with van der Waals surface area (Å²) in [5, 5.41) is 1.15. The molecule has 1 aromatic heterocycles. The molecule has 1 heterocycles. The van der Waals surface area contributed by atoms with Crippen LogP contribution in [0.3, 0.4) is 0 Å². The summed E-state index contributed by atoms with van der Waals surface area (Å²) < 4.78 is 3.07. The highest BCUT2D eigenvalue weighted by Crippen LogP contribution is 2.24. The number of ketones is 1. The van der Waals surface area contributed by atoms with Gasteiger partial charge in [0.1, 0.15) is 0 Å². The quantitative estimate of drug-likeness (QED) is 0.841. The van der Waals surface area contributed by atoms with Crippen molar-refractivity contribution in [3.63, 3.8) is 0 Å². The second-order valence-electron chi connectivity index (χ2n) is 4.24. The molecule has 16 heavy (non-hydrogen) atoms. The number of rotatable bonds is 3. The molecule has 0 saturated carbocycles. The fraction of sp³-hybridized carbons (Fsp3) is 0.308. The van der Waals surface area contributed by atoms with Crippen LogP contribution < -0.4 is 0 Å². The van der Waals surface area contributed by atoms with Gasteiger partial charge in [-0.25, -0.2) is 0 Å². The molecule has 0 spiro atoms. The maximum Gasteiger partial charge on any atom is 0.155 e. The summed E-state index contributed by atoms with van der Waals surface area (Å²) >= 11 is 3.51. The number of hydrogen-bond acceptors (Lipinski definition) is 1. The van der Waals surface area contributed by atoms with Gasteiger partial charge in [0.25, 0.3) is 0 Å². The molecule has 0 aliphatic carbocycles. The zero-order chi connectivity index (χ0) is 11.7. The maximum absolute atomic E-state index is 11.7. The summed E-state index contributed by atoms with van der Waals surface area (Å²) in [6.07, 6.45) is 1.97. The Morgan fingerprint density at radius 2 is 2.12 bits per heavy atom. The van der Waals surface area contributed by atoms with Gasteiger partial charge in [-0.2, -0.15) is 0 Å². The van der Waals surface area contributed by atoms with Crippen molar-refractivity contribution in [3.05, 3.63) is 34.9 Å². The first-order chi connectivity index (χ1) is 7.59. The van der Waals surface area contributed by atoms with Crippen molar-refractivity contribution >= 4 is 32.6 Å². The first kappa shape index (κ1) is 11.4. The molecule has 2 aromatic rings. The van der Waals surface area contributed by atoms with E-state index in [1.165, 1.54) is 0 Å². The SMILES string of the molecule is CC(C)C(=O)Cn1ccc2c(Br)cccc21. The smallest absolute Gasteiger partial charge is 0.155 e. The minimum absolute atomic E-state index is 0.0876. The van der Waals surface area contributed by atoms with Crippen LogP contribution >= 0.6 is 15.9 Å². The molecule has 0 atom stereocenters. The van der Waals surface area contributed by atoms with E-state index >= 15 is 0 Å². The number of Topliss-reactive ketones (excluding diaryl/α,β-unsaturated/α-hetero) is 1. The molecule has 2 rings (SSSR count). The zero-order valence-electron chi connectivity index (χ0n) is 9.40. The Morgan fingerprint density at radius 3 is 2.81 bits per heavy atom. The largest absolute Gasteiger partial charge is 0.340 e. The normalized spacial score (nSPS) is 11.2. The first-order valence-electron chi connectivity index (χ1n) is 5.35. The van der Waals surface area contributed by atoms with Gasteiger partial charge in [-0.15, -0.1) is 0 Å². The number of nitrogens with zero attached hydrogens (tertiary/aromatic N) is 1. The number of fused-ring (bicyclic) bond motifs is 1. The molecule has 0 N–H and O–H groups in total. The van der Waals surface area contributed by atoms with Gasteiger partial charge in [0, 0.05) is 27.5 Å². The molecule has 0 saturated heterocycles. The van der Waals surface area contributed by atoms with E-state index in [4.69, 9.17) is 0 Å². The Bertz CT molecular complexity index is 528. The molecule has 1 aromatic carbocycles. The number of aromatic nitrogens is 1. The van der Waals surface area contributed by atoms with E-state index in [2.05, 4.69) is 15.9 Å². The lowest BCUT2D eigenvalue weighted by Crippen LogP contribution is -2.14. The molecule has 0 aliphatic rings. The van der Waals surface area contributed by atoms with E-state index in [0.29, 0.717) is 6.54 Å². The predicted molar refractivity (Wildman–Crippen MR) is 69.5 cm³/mol. The Labute approximate surface area is 103 Å². The van der Waals surface area contributed by atoms with Gasteiger partial charge >= 0.3 is 0 Å². The molecule has 0 aliphatic heterocycles. The summed E-state index contributed by atoms with van der Waals surface area (Å²) in [7, 11) is 0. The summed E-state index contributed by atoms with van der Waals surface area (Å²) in [6, 6.07) is 8.07. The van der Waals surface area contributed by atoms with Crippen LogP contribution in [-0.2, 0) is 11.3 Å². The number of hydrogen-bond donors (Lipinski definition) is 0. The topological polar surface area (TPSA) is 22.0 Å². The monoisotopic (exact) mass is 279 g/mol. The molecular weight excluding hydrogens is 266 g/mol. The van der Waals surface area contributed by atoms with Gasteiger partial charge in [0.05, 0.1) is 6.54 Å². The third-order valence-corrected chi connectivity index (χ3v) is 3.42. The third kappa shape index (κ3) is 2.05. The summed E-state index contributed by atoms with van der Waals surface area (Å²) in [6.45, 7) is 4.32. The van der Waals surface area contributed by atoms with Gasteiger partial charge < -0.3 is 4.57 Å². The van der Waals surface area contributed by atoms with Crippen molar-refractivity contribution in [1.82, 2.24) is 4.57 Å². The van der Waals surface area contributed by atoms with Gasteiger partial charge in [-0.1, -0.05) is 35.8 Å². The van der Waals surface area contributed by atoms with Gasteiger partial charge in [0.2, 0.25) is 0 Å². The summed E-state index contributed by atoms with van der Waals surface area (Å²) in [5.41, 5.74) is 1.10. The molecule has 3 heteroatoms. The van der Waals surface area contributed by atoms with Gasteiger partial charge in [-0.3, -0.25) is 4.79 Å². The van der Waals surface area contributed by atoms with Crippen LogP contribution in [0.15, 0.2) is 34.9 Å². The maximum atomic E-state index is 11.7. The lowest BCUT2D eigenvalue weighted by molar-refractivity contribution is -0.122. The van der Waals surface area contributed by atoms with E-state index < -0.39 is 0 Å². The van der Waals surface area contributed by atoms with Crippen molar-refractivity contribution in [2.45, 2.75) is 20.4 Å². The number of carbonyl (C=O) groups is 1. The van der Waals surface area contributed by atoms with Crippen LogP contribution in [-0.4, -0.2) is 10.4 Å². The Balaban J connectivity index is 2.39. The van der Waals surface area contributed by atoms with E-state index in [1.807, 2.05) is 48.9 Å². The van der Waals surface area contributed by atoms with Crippen LogP contribution in [0, 0.1) is 5.92 Å². The van der Waals surface area contributed by atoms with Crippen molar-refractivity contribution in [2.75, 3.05) is 0 Å². The lowest BCUT2D eigenvalue weighted by atomic mass is 10.1. The Hall–Kier alpha value is -1.09. The molecular formula is C13H14BrNO. The van der Waals surface area contributed by atoms with E-state index in [1.54, 1.807) is 0 Å². The highest BCUT2D eigenvalue weighted by molar-refractivity contribution is 9.10.